The fourth-order valence-corrected chi connectivity index (χ4v) is 1.28. The minimum Gasteiger partial charge on any atom is -0.325 e. The number of allylic oxidation sites excluding steroid dienone is 2. The molecule has 11 heavy (non-hydrogen) atoms. The molecule has 0 rings (SSSR count). The fraction of sp³-hybridized carbons (Fsp3) is 0.800. The van der Waals surface area contributed by atoms with Crippen LogP contribution in [0.4, 0.5) is 0 Å². The van der Waals surface area contributed by atoms with Crippen molar-refractivity contribution in [2.45, 2.75) is 46.1 Å². The Kier molecular flexibility index (Phi) is 4.43. The normalized spacial score (nSPS) is 20.1. The second kappa shape index (κ2) is 4.55. The van der Waals surface area contributed by atoms with Crippen LogP contribution in [-0.2, 0) is 0 Å². The minimum atomic E-state index is 0.0128. The van der Waals surface area contributed by atoms with Crippen LogP contribution in [0.2, 0.25) is 0 Å². The summed E-state index contributed by atoms with van der Waals surface area (Å²) in [4.78, 5) is 0. The standard InChI is InChI=1S/C10H21N/c1-5-7-9(3)8-10(4,11)6-2/h5,7,9H,6,8,11H2,1-4H3/b7-5-. The summed E-state index contributed by atoms with van der Waals surface area (Å²) in [5.74, 6) is 0.606. The van der Waals surface area contributed by atoms with Crippen LogP contribution in [0.15, 0.2) is 12.2 Å². The van der Waals surface area contributed by atoms with Crippen molar-refractivity contribution in [3.63, 3.8) is 0 Å². The largest absolute Gasteiger partial charge is 0.325 e. The Labute approximate surface area is 70.7 Å². The van der Waals surface area contributed by atoms with Crippen molar-refractivity contribution in [2.24, 2.45) is 11.7 Å². The SMILES string of the molecule is C/C=C\C(C)CC(C)(N)CC. The maximum Gasteiger partial charge on any atom is 0.0128 e. The topological polar surface area (TPSA) is 26.0 Å². The van der Waals surface area contributed by atoms with Gasteiger partial charge in [0.25, 0.3) is 0 Å². The van der Waals surface area contributed by atoms with Crippen LogP contribution < -0.4 is 5.73 Å². The Morgan fingerprint density at radius 3 is 2.45 bits per heavy atom. The molecule has 0 fully saturated rings. The van der Waals surface area contributed by atoms with Gasteiger partial charge in [-0.2, -0.15) is 0 Å². The Hall–Kier alpha value is -0.300. The summed E-state index contributed by atoms with van der Waals surface area (Å²) in [6.07, 6.45) is 6.43. The van der Waals surface area contributed by atoms with E-state index >= 15 is 0 Å². The molecule has 0 aromatic rings. The smallest absolute Gasteiger partial charge is 0.0128 e. The number of rotatable bonds is 4. The van der Waals surface area contributed by atoms with Gasteiger partial charge in [-0.05, 0) is 32.6 Å². The van der Waals surface area contributed by atoms with Gasteiger partial charge >= 0.3 is 0 Å². The number of nitrogens with two attached hydrogens (primary N) is 1. The van der Waals surface area contributed by atoms with E-state index in [2.05, 4.69) is 39.8 Å². The van der Waals surface area contributed by atoms with E-state index in [0.717, 1.165) is 12.8 Å². The second-order valence-corrected chi connectivity index (χ2v) is 3.71. The van der Waals surface area contributed by atoms with Crippen molar-refractivity contribution in [3.8, 4) is 0 Å². The van der Waals surface area contributed by atoms with Gasteiger partial charge < -0.3 is 5.73 Å². The van der Waals surface area contributed by atoms with Crippen LogP contribution in [-0.4, -0.2) is 5.54 Å². The van der Waals surface area contributed by atoms with E-state index in [4.69, 9.17) is 5.73 Å². The van der Waals surface area contributed by atoms with Crippen LogP contribution in [0.1, 0.15) is 40.5 Å². The van der Waals surface area contributed by atoms with Crippen LogP contribution in [0.5, 0.6) is 0 Å². The molecule has 2 N–H and O–H groups in total. The van der Waals surface area contributed by atoms with Gasteiger partial charge in [0.1, 0.15) is 0 Å². The van der Waals surface area contributed by atoms with E-state index in [1.165, 1.54) is 0 Å². The molecule has 2 atom stereocenters. The van der Waals surface area contributed by atoms with E-state index in [9.17, 15) is 0 Å². The zero-order chi connectivity index (χ0) is 8.91. The predicted molar refractivity (Wildman–Crippen MR) is 51.5 cm³/mol. The fourth-order valence-electron chi connectivity index (χ4n) is 1.28. The van der Waals surface area contributed by atoms with E-state index in [1.807, 2.05) is 0 Å². The molecule has 0 aliphatic rings. The third kappa shape index (κ3) is 5.02. The Balaban J connectivity index is 3.82. The molecular formula is C10H21N. The first kappa shape index (κ1) is 10.7. The lowest BCUT2D eigenvalue weighted by Crippen LogP contribution is -2.36. The molecule has 0 spiro atoms. The van der Waals surface area contributed by atoms with Gasteiger partial charge in [0.2, 0.25) is 0 Å². The van der Waals surface area contributed by atoms with E-state index in [0.29, 0.717) is 5.92 Å². The molecule has 0 aliphatic heterocycles. The molecule has 1 nitrogen and oxygen atoms in total. The minimum absolute atomic E-state index is 0.0128. The molecule has 0 amide bonds. The van der Waals surface area contributed by atoms with Crippen molar-refractivity contribution in [3.05, 3.63) is 12.2 Å². The monoisotopic (exact) mass is 155 g/mol. The maximum atomic E-state index is 6.01. The molecule has 0 aromatic heterocycles. The van der Waals surface area contributed by atoms with Gasteiger partial charge in [0, 0.05) is 5.54 Å². The van der Waals surface area contributed by atoms with Crippen molar-refractivity contribution < 1.29 is 0 Å². The van der Waals surface area contributed by atoms with E-state index in [-0.39, 0.29) is 5.54 Å². The summed E-state index contributed by atoms with van der Waals surface area (Å²) >= 11 is 0. The van der Waals surface area contributed by atoms with Crippen molar-refractivity contribution >= 4 is 0 Å². The molecule has 0 bridgehead atoms. The summed E-state index contributed by atoms with van der Waals surface area (Å²) in [5.41, 5.74) is 6.03. The molecular weight excluding hydrogens is 134 g/mol. The van der Waals surface area contributed by atoms with Crippen LogP contribution in [0, 0.1) is 5.92 Å². The Bertz CT molecular complexity index is 125. The summed E-state index contributed by atoms with van der Waals surface area (Å²) in [7, 11) is 0. The Morgan fingerprint density at radius 1 is 1.55 bits per heavy atom. The van der Waals surface area contributed by atoms with Crippen LogP contribution in [0.25, 0.3) is 0 Å². The average molecular weight is 155 g/mol. The summed E-state index contributed by atoms with van der Waals surface area (Å²) in [6.45, 7) is 8.52. The third-order valence-electron chi connectivity index (χ3n) is 2.12. The summed E-state index contributed by atoms with van der Waals surface area (Å²) in [6, 6.07) is 0. The van der Waals surface area contributed by atoms with Gasteiger partial charge in [-0.25, -0.2) is 0 Å². The average Bonchev–Trinajstić information content (AvgIpc) is 1.87. The lowest BCUT2D eigenvalue weighted by atomic mass is 9.88. The first-order valence-electron chi connectivity index (χ1n) is 4.43. The molecule has 2 unspecified atom stereocenters. The number of hydrogen-bond acceptors (Lipinski definition) is 1. The van der Waals surface area contributed by atoms with Crippen LogP contribution >= 0.6 is 0 Å². The van der Waals surface area contributed by atoms with Crippen molar-refractivity contribution in [1.29, 1.82) is 0 Å². The lowest BCUT2D eigenvalue weighted by Gasteiger charge is -2.24. The molecule has 66 valence electrons. The van der Waals surface area contributed by atoms with Crippen molar-refractivity contribution in [1.82, 2.24) is 0 Å². The highest BCUT2D eigenvalue weighted by atomic mass is 14.7. The Morgan fingerprint density at radius 2 is 2.09 bits per heavy atom. The second-order valence-electron chi connectivity index (χ2n) is 3.71. The van der Waals surface area contributed by atoms with Gasteiger partial charge in [-0.3, -0.25) is 0 Å². The van der Waals surface area contributed by atoms with Gasteiger partial charge in [-0.15, -0.1) is 0 Å². The molecule has 0 radical (unpaired) electrons. The van der Waals surface area contributed by atoms with E-state index < -0.39 is 0 Å². The van der Waals surface area contributed by atoms with Gasteiger partial charge in [0.05, 0.1) is 0 Å². The number of hydrogen-bond donors (Lipinski definition) is 1. The quantitative estimate of drug-likeness (QED) is 0.621. The summed E-state index contributed by atoms with van der Waals surface area (Å²) < 4.78 is 0. The zero-order valence-electron chi connectivity index (χ0n) is 8.22. The van der Waals surface area contributed by atoms with Gasteiger partial charge in [-0.1, -0.05) is 26.0 Å². The zero-order valence-corrected chi connectivity index (χ0v) is 8.22. The first-order valence-corrected chi connectivity index (χ1v) is 4.43. The van der Waals surface area contributed by atoms with Gasteiger partial charge in [0.15, 0.2) is 0 Å². The summed E-state index contributed by atoms with van der Waals surface area (Å²) in [5, 5.41) is 0. The highest BCUT2D eigenvalue weighted by Gasteiger charge is 2.17. The van der Waals surface area contributed by atoms with Crippen molar-refractivity contribution in [2.75, 3.05) is 0 Å². The lowest BCUT2D eigenvalue weighted by molar-refractivity contribution is 0.376. The first-order chi connectivity index (χ1) is 5.02. The molecule has 0 aromatic carbocycles. The maximum absolute atomic E-state index is 6.01. The molecule has 0 aliphatic carbocycles. The molecule has 0 saturated heterocycles. The molecule has 1 heteroatoms. The van der Waals surface area contributed by atoms with E-state index in [1.54, 1.807) is 0 Å². The van der Waals surface area contributed by atoms with Crippen LogP contribution in [0.3, 0.4) is 0 Å². The molecule has 0 heterocycles. The third-order valence-corrected chi connectivity index (χ3v) is 2.12. The highest BCUT2D eigenvalue weighted by Crippen LogP contribution is 2.17. The highest BCUT2D eigenvalue weighted by molar-refractivity contribution is 4.89. The predicted octanol–water partition coefficient (Wildman–Crippen LogP) is 2.72. The molecule has 0 saturated carbocycles.